The Kier molecular flexibility index (Phi) is 1.90. The van der Waals surface area contributed by atoms with Crippen molar-refractivity contribution in [1.29, 1.82) is 0 Å². The van der Waals surface area contributed by atoms with Crippen LogP contribution in [-0.2, 0) is 9.53 Å². The maximum absolute atomic E-state index is 10.9. The lowest BCUT2D eigenvalue weighted by atomic mass is 9.48. The second-order valence-electron chi connectivity index (χ2n) is 5.09. The van der Waals surface area contributed by atoms with Crippen LogP contribution in [0.4, 0.5) is 0 Å². The molecule has 3 rings (SSSR count). The lowest BCUT2D eigenvalue weighted by molar-refractivity contribution is -0.180. The summed E-state index contributed by atoms with van der Waals surface area (Å²) in [5.74, 6) is 1.38. The highest BCUT2D eigenvalue weighted by Crippen LogP contribution is 2.59. The van der Waals surface area contributed by atoms with Crippen LogP contribution in [-0.4, -0.2) is 12.1 Å². The number of esters is 1. The lowest BCUT2D eigenvalue weighted by Gasteiger charge is -2.59. The monoisotopic (exact) mass is 182 g/mol. The topological polar surface area (TPSA) is 26.3 Å². The van der Waals surface area contributed by atoms with E-state index in [1.54, 1.807) is 0 Å². The zero-order chi connectivity index (χ0) is 9.64. The van der Waals surface area contributed by atoms with Crippen LogP contribution >= 0.6 is 0 Å². The zero-order valence-electron chi connectivity index (χ0n) is 8.67. The Morgan fingerprint density at radius 2 is 2.08 bits per heavy atom. The first-order valence-electron chi connectivity index (χ1n) is 5.19. The van der Waals surface area contributed by atoms with Crippen LogP contribution < -0.4 is 0 Å². The average Bonchev–Trinajstić information content (AvgIpc) is 2.03. The molecule has 2 unspecified atom stereocenters. The fraction of sp³-hybridized carbons (Fsp3) is 0.909. The van der Waals surface area contributed by atoms with Crippen LogP contribution in [0.1, 0.15) is 40.0 Å². The van der Waals surface area contributed by atoms with E-state index in [1.807, 2.05) is 0 Å². The van der Waals surface area contributed by atoms with Gasteiger partial charge in [-0.05, 0) is 30.6 Å². The van der Waals surface area contributed by atoms with Crippen molar-refractivity contribution in [2.24, 2.45) is 17.3 Å². The number of rotatable bonds is 1. The summed E-state index contributed by atoms with van der Waals surface area (Å²) < 4.78 is 5.34. The first kappa shape index (κ1) is 9.04. The summed E-state index contributed by atoms with van der Waals surface area (Å²) in [6.45, 7) is 6.13. The number of hydrogen-bond donors (Lipinski definition) is 0. The molecule has 0 aromatic heterocycles. The van der Waals surface area contributed by atoms with E-state index in [-0.39, 0.29) is 12.1 Å². The number of ether oxygens (including phenoxy) is 1. The third kappa shape index (κ3) is 1.27. The van der Waals surface area contributed by atoms with Crippen LogP contribution in [0, 0.1) is 17.3 Å². The molecule has 2 nitrogen and oxygen atoms in total. The molecule has 0 N–H and O–H groups in total. The molecule has 13 heavy (non-hydrogen) atoms. The molecule has 3 saturated carbocycles. The highest BCUT2D eigenvalue weighted by molar-refractivity contribution is 5.66. The van der Waals surface area contributed by atoms with E-state index in [4.69, 9.17) is 4.74 Å². The number of carbonyl (C=O) groups excluding carboxylic acids is 1. The number of carbonyl (C=O) groups is 1. The van der Waals surface area contributed by atoms with Crippen molar-refractivity contribution in [2.75, 3.05) is 0 Å². The highest BCUT2D eigenvalue weighted by Gasteiger charge is 2.55. The second kappa shape index (κ2) is 2.73. The molecule has 2 heteroatoms. The lowest BCUT2D eigenvalue weighted by Crippen LogP contribution is -2.55. The Labute approximate surface area is 79.7 Å². The van der Waals surface area contributed by atoms with Crippen molar-refractivity contribution in [3.63, 3.8) is 0 Å². The summed E-state index contributed by atoms with van der Waals surface area (Å²) >= 11 is 0. The van der Waals surface area contributed by atoms with Crippen LogP contribution in [0.3, 0.4) is 0 Å². The molecule has 0 aromatic rings. The number of fused-ring (bicyclic) bond motifs is 2. The standard InChI is InChI=1S/C11H18O2/c1-7(12)13-10-5-4-8-6-9(10)11(8,2)3/h8-10H,4-6H2,1-3H3/t8?,9-,10?/m0/s1. The first-order valence-corrected chi connectivity index (χ1v) is 5.19. The molecule has 3 atom stereocenters. The fourth-order valence-electron chi connectivity index (χ4n) is 3.10. The minimum Gasteiger partial charge on any atom is -0.462 e. The van der Waals surface area contributed by atoms with Crippen molar-refractivity contribution < 1.29 is 9.53 Å². The van der Waals surface area contributed by atoms with Crippen molar-refractivity contribution in [3.8, 4) is 0 Å². The van der Waals surface area contributed by atoms with Gasteiger partial charge in [-0.3, -0.25) is 4.79 Å². The maximum Gasteiger partial charge on any atom is 0.302 e. The Morgan fingerprint density at radius 3 is 2.54 bits per heavy atom. The van der Waals surface area contributed by atoms with Crippen molar-refractivity contribution >= 4 is 5.97 Å². The molecule has 0 spiro atoms. The van der Waals surface area contributed by atoms with Gasteiger partial charge in [-0.25, -0.2) is 0 Å². The van der Waals surface area contributed by atoms with Gasteiger partial charge in [0.05, 0.1) is 0 Å². The third-order valence-corrected chi connectivity index (χ3v) is 4.11. The summed E-state index contributed by atoms with van der Waals surface area (Å²) in [5.41, 5.74) is 0.415. The van der Waals surface area contributed by atoms with Gasteiger partial charge in [-0.15, -0.1) is 0 Å². The number of hydrogen-bond acceptors (Lipinski definition) is 2. The zero-order valence-corrected chi connectivity index (χ0v) is 8.67. The summed E-state index contributed by atoms with van der Waals surface area (Å²) in [7, 11) is 0. The van der Waals surface area contributed by atoms with E-state index in [2.05, 4.69) is 13.8 Å². The second-order valence-corrected chi connectivity index (χ2v) is 5.09. The molecular weight excluding hydrogens is 164 g/mol. The van der Waals surface area contributed by atoms with Gasteiger partial charge in [0.15, 0.2) is 0 Å². The fourth-order valence-corrected chi connectivity index (χ4v) is 3.10. The average molecular weight is 182 g/mol. The maximum atomic E-state index is 10.9. The van der Waals surface area contributed by atoms with Gasteiger partial charge in [0.1, 0.15) is 6.10 Å². The molecule has 0 radical (unpaired) electrons. The quantitative estimate of drug-likeness (QED) is 0.582. The summed E-state index contributed by atoms with van der Waals surface area (Å²) in [4.78, 5) is 10.9. The predicted molar refractivity (Wildman–Crippen MR) is 50.2 cm³/mol. The van der Waals surface area contributed by atoms with Gasteiger partial charge < -0.3 is 4.74 Å². The summed E-state index contributed by atoms with van der Waals surface area (Å²) in [5, 5.41) is 0. The van der Waals surface area contributed by atoms with Gasteiger partial charge in [-0.2, -0.15) is 0 Å². The molecule has 2 bridgehead atoms. The molecule has 0 aliphatic heterocycles. The molecule has 74 valence electrons. The Hall–Kier alpha value is -0.530. The van der Waals surface area contributed by atoms with Crippen LogP contribution in [0.15, 0.2) is 0 Å². The van der Waals surface area contributed by atoms with Gasteiger partial charge in [0.25, 0.3) is 0 Å². The van der Waals surface area contributed by atoms with E-state index >= 15 is 0 Å². The van der Waals surface area contributed by atoms with Gasteiger partial charge >= 0.3 is 5.97 Å². The predicted octanol–water partition coefficient (Wildman–Crippen LogP) is 2.37. The van der Waals surface area contributed by atoms with Crippen LogP contribution in [0.5, 0.6) is 0 Å². The van der Waals surface area contributed by atoms with E-state index in [0.717, 1.165) is 12.3 Å². The van der Waals surface area contributed by atoms with Gasteiger partial charge in [0.2, 0.25) is 0 Å². The highest BCUT2D eigenvalue weighted by atomic mass is 16.5. The van der Waals surface area contributed by atoms with E-state index < -0.39 is 0 Å². The largest absolute Gasteiger partial charge is 0.462 e. The van der Waals surface area contributed by atoms with Crippen LogP contribution in [0.25, 0.3) is 0 Å². The van der Waals surface area contributed by atoms with Gasteiger partial charge in [-0.1, -0.05) is 13.8 Å². The third-order valence-electron chi connectivity index (χ3n) is 4.11. The molecule has 3 aliphatic rings. The molecule has 0 heterocycles. The Bertz CT molecular complexity index is 230. The molecule has 0 aromatic carbocycles. The molecule has 3 aliphatic carbocycles. The van der Waals surface area contributed by atoms with Crippen LogP contribution in [0.2, 0.25) is 0 Å². The molecule has 0 amide bonds. The minimum atomic E-state index is -0.119. The normalized spacial score (nSPS) is 40.7. The molecular formula is C11H18O2. The smallest absolute Gasteiger partial charge is 0.302 e. The van der Waals surface area contributed by atoms with Crippen molar-refractivity contribution in [3.05, 3.63) is 0 Å². The van der Waals surface area contributed by atoms with Crippen molar-refractivity contribution in [2.45, 2.75) is 46.1 Å². The van der Waals surface area contributed by atoms with Crippen molar-refractivity contribution in [1.82, 2.24) is 0 Å². The minimum absolute atomic E-state index is 0.119. The molecule has 3 fully saturated rings. The van der Waals surface area contributed by atoms with E-state index in [0.29, 0.717) is 11.3 Å². The Morgan fingerprint density at radius 1 is 1.38 bits per heavy atom. The SMILES string of the molecule is CC(=O)OC1CCC2C[C@@H]1C2(C)C. The van der Waals surface area contributed by atoms with E-state index in [1.165, 1.54) is 19.8 Å². The summed E-state index contributed by atoms with van der Waals surface area (Å²) in [6.07, 6.45) is 3.79. The summed E-state index contributed by atoms with van der Waals surface area (Å²) in [6, 6.07) is 0. The Balaban J connectivity index is 2.03. The van der Waals surface area contributed by atoms with E-state index in [9.17, 15) is 4.79 Å². The van der Waals surface area contributed by atoms with Gasteiger partial charge in [0, 0.05) is 12.8 Å². The first-order chi connectivity index (χ1) is 6.01. The molecule has 0 saturated heterocycles.